The van der Waals surface area contributed by atoms with E-state index in [9.17, 15) is 9.90 Å². The fourth-order valence-corrected chi connectivity index (χ4v) is 12.5. The number of esters is 1. The average molecular weight is 542 g/mol. The van der Waals surface area contributed by atoms with Crippen molar-refractivity contribution in [2.24, 2.45) is 67.6 Å². The fraction of sp³-hybridized carbons (Fsp3) is 0.941. The second-order valence-electron chi connectivity index (χ2n) is 16.7. The summed E-state index contributed by atoms with van der Waals surface area (Å²) < 4.78 is 11.2. The lowest BCUT2D eigenvalue weighted by molar-refractivity contribution is -0.290. The molecule has 0 aromatic carbocycles. The Kier molecular flexibility index (Phi) is 6.26. The zero-order valence-corrected chi connectivity index (χ0v) is 26.1. The molecular formula is C34H55NO4. The smallest absolute Gasteiger partial charge is 0.391 e. The molecule has 5 fully saturated rings. The molecule has 0 spiro atoms. The highest BCUT2D eigenvalue weighted by Gasteiger charge is 2.75. The minimum atomic E-state index is -1.53. The van der Waals surface area contributed by atoms with Crippen LogP contribution in [0.15, 0.2) is 4.99 Å². The first-order valence-electron chi connectivity index (χ1n) is 16.3. The summed E-state index contributed by atoms with van der Waals surface area (Å²) in [5.74, 6) is 3.05. The lowest BCUT2D eigenvalue weighted by Crippen LogP contribution is -2.73. The van der Waals surface area contributed by atoms with Crippen LogP contribution in [0.25, 0.3) is 0 Å². The maximum absolute atomic E-state index is 14.0. The van der Waals surface area contributed by atoms with Crippen LogP contribution in [-0.2, 0) is 14.3 Å². The Balaban J connectivity index is 1.42. The Hall–Kier alpha value is -1.10. The van der Waals surface area contributed by atoms with Gasteiger partial charge in [-0.15, -0.1) is 0 Å². The third-order valence-corrected chi connectivity index (χ3v) is 15.2. The molecule has 1 aliphatic heterocycles. The molecule has 0 saturated heterocycles. The molecule has 0 amide bonds. The third-order valence-electron chi connectivity index (χ3n) is 15.2. The van der Waals surface area contributed by atoms with Crippen molar-refractivity contribution in [2.75, 3.05) is 13.2 Å². The molecule has 5 aliphatic carbocycles. The molecule has 5 saturated carbocycles. The minimum absolute atomic E-state index is 0.0413. The van der Waals surface area contributed by atoms with E-state index < -0.39 is 17.0 Å². The van der Waals surface area contributed by atoms with Gasteiger partial charge in [0.25, 0.3) is 0 Å². The Bertz CT molecular complexity index is 1050. The Morgan fingerprint density at radius 1 is 0.872 bits per heavy atom. The normalized spacial score (nSPS) is 54.2. The van der Waals surface area contributed by atoms with E-state index in [0.717, 1.165) is 37.0 Å². The van der Waals surface area contributed by atoms with E-state index in [1.54, 1.807) is 0 Å². The van der Waals surface area contributed by atoms with Gasteiger partial charge in [0.2, 0.25) is 0 Å². The number of hydrogen-bond donors (Lipinski definition) is 1. The number of ether oxygens (including phenoxy) is 2. The van der Waals surface area contributed by atoms with Crippen molar-refractivity contribution in [1.82, 2.24) is 0 Å². The molecule has 1 unspecified atom stereocenters. The van der Waals surface area contributed by atoms with Gasteiger partial charge in [-0.05, 0) is 121 Å². The molecule has 6 rings (SSSR count). The summed E-state index contributed by atoms with van der Waals surface area (Å²) in [7, 11) is 0. The summed E-state index contributed by atoms with van der Waals surface area (Å²) in [6.45, 7) is 20.8. The number of rotatable bonds is 1. The van der Waals surface area contributed by atoms with Gasteiger partial charge < -0.3 is 14.6 Å². The summed E-state index contributed by atoms with van der Waals surface area (Å²) >= 11 is 0. The Morgan fingerprint density at radius 2 is 1.62 bits per heavy atom. The van der Waals surface area contributed by atoms with E-state index in [-0.39, 0.29) is 34.2 Å². The molecule has 39 heavy (non-hydrogen) atoms. The van der Waals surface area contributed by atoms with Crippen LogP contribution in [0.2, 0.25) is 0 Å². The first-order chi connectivity index (χ1) is 18.1. The third kappa shape index (κ3) is 3.53. The molecule has 11 atom stereocenters. The maximum Gasteiger partial charge on any atom is 0.391 e. The van der Waals surface area contributed by atoms with Crippen LogP contribution in [0.5, 0.6) is 0 Å². The van der Waals surface area contributed by atoms with Crippen LogP contribution in [-0.4, -0.2) is 35.9 Å². The number of carbonyl (C=O) groups excluding carboxylic acids is 1. The van der Waals surface area contributed by atoms with E-state index in [2.05, 4.69) is 60.4 Å². The zero-order valence-electron chi connectivity index (χ0n) is 26.1. The van der Waals surface area contributed by atoms with Crippen molar-refractivity contribution in [1.29, 1.82) is 0 Å². The average Bonchev–Trinajstić information content (AvgIpc) is 3.38. The molecule has 0 aromatic rings. The number of nitrogens with zero attached hydrogens (tertiary/aromatic N) is 1. The summed E-state index contributed by atoms with van der Waals surface area (Å²) in [5, 5.41) is 12.6. The predicted octanol–water partition coefficient (Wildman–Crippen LogP) is 7.40. The van der Waals surface area contributed by atoms with E-state index in [0.29, 0.717) is 30.9 Å². The van der Waals surface area contributed by atoms with Crippen molar-refractivity contribution in [2.45, 2.75) is 125 Å². The van der Waals surface area contributed by atoms with Crippen LogP contribution < -0.4 is 0 Å². The second-order valence-corrected chi connectivity index (χ2v) is 16.7. The highest BCUT2D eigenvalue weighted by atomic mass is 16.7. The van der Waals surface area contributed by atoms with Crippen molar-refractivity contribution >= 4 is 12.1 Å². The zero-order chi connectivity index (χ0) is 28.2. The van der Waals surface area contributed by atoms with E-state index in [1.165, 1.54) is 38.5 Å². The predicted molar refractivity (Wildman–Crippen MR) is 154 cm³/mol. The number of fused-ring (bicyclic) bond motifs is 7. The summed E-state index contributed by atoms with van der Waals surface area (Å²) in [5.41, 5.74) is -1.28. The first-order valence-corrected chi connectivity index (χ1v) is 16.3. The molecule has 6 aliphatic rings. The van der Waals surface area contributed by atoms with Gasteiger partial charge in [-0.1, -0.05) is 55.4 Å². The van der Waals surface area contributed by atoms with Gasteiger partial charge >= 0.3 is 12.1 Å². The second kappa shape index (κ2) is 8.71. The maximum atomic E-state index is 14.0. The van der Waals surface area contributed by atoms with Crippen molar-refractivity contribution in [3.63, 3.8) is 0 Å². The summed E-state index contributed by atoms with van der Waals surface area (Å²) in [6, 6.07) is 0. The number of carbonyl (C=O) groups is 1. The standard InChI is InChI=1S/C34H55NO4/c1-21-11-13-30(5)16-17-31(6)23(26(30)22(21)2)9-10-25-32(31,7)14-12-24-29(3,4)15-18-34(37,33(24,25)8)27(36)39-28-35-19-20-38-28/h21-26,37H,9-20H2,1-8H3/t21-,22+,23-,24+,25+,26+,30-,31-,32-,33+,34?/m1/s1. The topological polar surface area (TPSA) is 68.1 Å². The molecule has 5 nitrogen and oxygen atoms in total. The van der Waals surface area contributed by atoms with Gasteiger partial charge in [-0.2, -0.15) is 0 Å². The Labute approximate surface area is 237 Å². The van der Waals surface area contributed by atoms with Gasteiger partial charge in [0.1, 0.15) is 6.61 Å². The van der Waals surface area contributed by atoms with Crippen molar-refractivity contribution in [3.05, 3.63) is 0 Å². The molecule has 5 heteroatoms. The largest absolute Gasteiger partial charge is 0.448 e. The van der Waals surface area contributed by atoms with E-state index >= 15 is 0 Å². The highest BCUT2D eigenvalue weighted by molar-refractivity contribution is 5.90. The van der Waals surface area contributed by atoms with Crippen molar-refractivity contribution < 1.29 is 19.4 Å². The molecular weight excluding hydrogens is 486 g/mol. The number of aliphatic imine (C=N–C) groups is 1. The van der Waals surface area contributed by atoms with Crippen LogP contribution in [0.1, 0.15) is 120 Å². The minimum Gasteiger partial charge on any atom is -0.448 e. The van der Waals surface area contributed by atoms with Gasteiger partial charge in [0.05, 0.1) is 6.54 Å². The quantitative estimate of drug-likeness (QED) is 0.351. The lowest BCUT2D eigenvalue weighted by atomic mass is 9.30. The van der Waals surface area contributed by atoms with Gasteiger partial charge in [-0.25, -0.2) is 9.79 Å². The van der Waals surface area contributed by atoms with Crippen LogP contribution in [0.3, 0.4) is 0 Å². The van der Waals surface area contributed by atoms with Crippen LogP contribution in [0.4, 0.5) is 0 Å². The fourth-order valence-electron chi connectivity index (χ4n) is 12.5. The molecule has 1 N–H and O–H groups in total. The van der Waals surface area contributed by atoms with E-state index in [4.69, 9.17) is 9.47 Å². The van der Waals surface area contributed by atoms with Crippen LogP contribution in [0, 0.1) is 62.6 Å². The summed E-state index contributed by atoms with van der Waals surface area (Å²) in [4.78, 5) is 18.2. The Morgan fingerprint density at radius 3 is 2.31 bits per heavy atom. The monoisotopic (exact) mass is 541 g/mol. The van der Waals surface area contributed by atoms with Gasteiger partial charge in [0, 0.05) is 5.41 Å². The molecule has 0 aromatic heterocycles. The molecule has 1 heterocycles. The number of hydrogen-bond acceptors (Lipinski definition) is 5. The van der Waals surface area contributed by atoms with Crippen LogP contribution >= 0.6 is 0 Å². The summed E-state index contributed by atoms with van der Waals surface area (Å²) in [6.07, 6.45) is 11.2. The SMILES string of the molecule is C[C@@H]1[C@H]2[C@H]3CC[C@@H]4[C@]5(C)[C@@H](CC[C@@]4(C)[C@]3(C)CC[C@@]2(C)CC[C@H]1C)C(C)(C)CCC5(O)C(=O)OC1=NCCO1. The van der Waals surface area contributed by atoms with Crippen molar-refractivity contribution in [3.8, 4) is 0 Å². The molecule has 0 radical (unpaired) electrons. The molecule has 220 valence electrons. The van der Waals surface area contributed by atoms with Gasteiger partial charge in [0.15, 0.2) is 5.60 Å². The number of aliphatic hydroxyl groups is 1. The van der Waals surface area contributed by atoms with Gasteiger partial charge in [-0.3, -0.25) is 0 Å². The first kappa shape index (κ1) is 28.0. The highest BCUT2D eigenvalue weighted by Crippen LogP contribution is 2.78. The molecule has 0 bridgehead atoms. The lowest BCUT2D eigenvalue weighted by Gasteiger charge is -2.75. The van der Waals surface area contributed by atoms with E-state index in [1.807, 2.05) is 0 Å².